The van der Waals surface area contributed by atoms with E-state index in [9.17, 15) is 0 Å². The van der Waals surface area contributed by atoms with Crippen molar-refractivity contribution in [3.05, 3.63) is 53.5 Å². The topological polar surface area (TPSA) is 34.4 Å². The lowest BCUT2D eigenvalue weighted by Crippen LogP contribution is -2.34. The van der Waals surface area contributed by atoms with Gasteiger partial charge in [-0.15, -0.1) is 0 Å². The van der Waals surface area contributed by atoms with E-state index in [1.165, 1.54) is 5.56 Å². The molecule has 0 unspecified atom stereocenters. The van der Waals surface area contributed by atoms with Gasteiger partial charge in [-0.3, -0.25) is 0 Å². The molecule has 2 rings (SSSR count). The molecule has 0 saturated heterocycles. The van der Waals surface area contributed by atoms with Crippen LogP contribution < -0.4 is 10.1 Å². The van der Waals surface area contributed by atoms with Crippen LogP contribution in [0.2, 0.25) is 0 Å². The number of aryl methyl sites for hydroxylation is 1. The van der Waals surface area contributed by atoms with Gasteiger partial charge in [0.25, 0.3) is 0 Å². The first-order valence-corrected chi connectivity index (χ1v) is 7.50. The number of ether oxygens (including phenoxy) is 1. The first-order chi connectivity index (χ1) is 9.96. The van der Waals surface area contributed by atoms with Crippen molar-refractivity contribution in [1.29, 1.82) is 0 Å². The van der Waals surface area contributed by atoms with E-state index in [-0.39, 0.29) is 5.54 Å². The number of furan rings is 1. The Kier molecular flexibility index (Phi) is 5.07. The molecule has 0 saturated carbocycles. The van der Waals surface area contributed by atoms with Gasteiger partial charge in [0, 0.05) is 5.54 Å². The van der Waals surface area contributed by atoms with Crippen molar-refractivity contribution in [1.82, 2.24) is 5.32 Å². The predicted molar refractivity (Wildman–Crippen MR) is 85.5 cm³/mol. The summed E-state index contributed by atoms with van der Waals surface area (Å²) in [6, 6.07) is 12.2. The molecule has 1 N–H and O–H groups in total. The zero-order valence-electron chi connectivity index (χ0n) is 13.4. The summed E-state index contributed by atoms with van der Waals surface area (Å²) in [7, 11) is 0. The smallest absolute Gasteiger partial charge is 0.146 e. The van der Waals surface area contributed by atoms with Crippen LogP contribution in [0.25, 0.3) is 0 Å². The van der Waals surface area contributed by atoms with Crippen LogP contribution in [0, 0.1) is 0 Å². The first kappa shape index (κ1) is 15.6. The first-order valence-electron chi connectivity index (χ1n) is 7.50. The van der Waals surface area contributed by atoms with Crippen LogP contribution in [-0.2, 0) is 19.6 Å². The Labute approximate surface area is 127 Å². The summed E-state index contributed by atoms with van der Waals surface area (Å²) >= 11 is 0. The highest BCUT2D eigenvalue weighted by molar-refractivity contribution is 5.28. The minimum absolute atomic E-state index is 0.0873. The minimum Gasteiger partial charge on any atom is -0.486 e. The molecule has 3 nitrogen and oxygen atoms in total. The van der Waals surface area contributed by atoms with Gasteiger partial charge in [0.1, 0.15) is 23.9 Å². The van der Waals surface area contributed by atoms with E-state index in [1.54, 1.807) is 0 Å². The van der Waals surface area contributed by atoms with Crippen LogP contribution in [0.5, 0.6) is 5.75 Å². The van der Waals surface area contributed by atoms with Gasteiger partial charge in [-0.25, -0.2) is 0 Å². The zero-order valence-corrected chi connectivity index (χ0v) is 13.4. The second kappa shape index (κ2) is 6.81. The summed E-state index contributed by atoms with van der Waals surface area (Å²) in [6.07, 6.45) is 1.01. The molecule has 1 aromatic heterocycles. The summed E-state index contributed by atoms with van der Waals surface area (Å²) in [6.45, 7) is 9.75. The van der Waals surface area contributed by atoms with E-state index in [4.69, 9.17) is 9.15 Å². The molecule has 3 heteroatoms. The fraction of sp³-hybridized carbons (Fsp3) is 0.444. The average Bonchev–Trinajstić information content (AvgIpc) is 2.90. The molecular weight excluding hydrogens is 262 g/mol. The number of hydrogen-bond donors (Lipinski definition) is 1. The molecule has 0 atom stereocenters. The fourth-order valence-electron chi connectivity index (χ4n) is 1.96. The van der Waals surface area contributed by atoms with Crippen LogP contribution in [-0.4, -0.2) is 5.54 Å². The van der Waals surface area contributed by atoms with E-state index >= 15 is 0 Å². The summed E-state index contributed by atoms with van der Waals surface area (Å²) < 4.78 is 11.5. The third-order valence-corrected chi connectivity index (χ3v) is 3.20. The molecule has 0 aliphatic rings. The van der Waals surface area contributed by atoms with Crippen molar-refractivity contribution >= 4 is 0 Å². The van der Waals surface area contributed by atoms with Crippen molar-refractivity contribution < 1.29 is 9.15 Å². The lowest BCUT2D eigenvalue weighted by atomic mass is 10.1. The van der Waals surface area contributed by atoms with E-state index < -0.39 is 0 Å². The fourth-order valence-corrected chi connectivity index (χ4v) is 1.96. The van der Waals surface area contributed by atoms with Gasteiger partial charge >= 0.3 is 0 Å². The summed E-state index contributed by atoms with van der Waals surface area (Å²) in [5, 5.41) is 3.41. The Morgan fingerprint density at radius 3 is 2.57 bits per heavy atom. The second-order valence-corrected chi connectivity index (χ2v) is 6.26. The van der Waals surface area contributed by atoms with Gasteiger partial charge in [0.2, 0.25) is 0 Å². The molecule has 0 aliphatic heterocycles. The zero-order chi connectivity index (χ0) is 15.3. The molecule has 1 heterocycles. The summed E-state index contributed by atoms with van der Waals surface area (Å²) in [5.41, 5.74) is 1.37. The molecule has 0 spiro atoms. The molecule has 114 valence electrons. The Morgan fingerprint density at radius 2 is 1.86 bits per heavy atom. The lowest BCUT2D eigenvalue weighted by molar-refractivity contribution is 0.263. The molecule has 0 fully saturated rings. The molecule has 21 heavy (non-hydrogen) atoms. The Bertz CT molecular complexity index is 567. The van der Waals surface area contributed by atoms with Gasteiger partial charge < -0.3 is 14.5 Å². The van der Waals surface area contributed by atoms with Gasteiger partial charge in [0.05, 0.1) is 6.54 Å². The van der Waals surface area contributed by atoms with Gasteiger partial charge in [-0.05, 0) is 57.0 Å². The maximum absolute atomic E-state index is 5.78. The van der Waals surface area contributed by atoms with Crippen LogP contribution in [0.3, 0.4) is 0 Å². The average molecular weight is 287 g/mol. The monoisotopic (exact) mass is 287 g/mol. The molecule has 1 aromatic carbocycles. The number of rotatable bonds is 6. The van der Waals surface area contributed by atoms with Crippen molar-refractivity contribution in [2.45, 2.75) is 52.8 Å². The largest absolute Gasteiger partial charge is 0.486 e. The number of benzene rings is 1. The summed E-state index contributed by atoms with van der Waals surface area (Å²) in [5.74, 6) is 2.67. The van der Waals surface area contributed by atoms with Crippen molar-refractivity contribution in [2.24, 2.45) is 0 Å². The van der Waals surface area contributed by atoms with E-state index in [2.05, 4.69) is 45.1 Å². The van der Waals surface area contributed by atoms with Gasteiger partial charge in [0.15, 0.2) is 0 Å². The van der Waals surface area contributed by atoms with Crippen molar-refractivity contribution in [3.63, 3.8) is 0 Å². The maximum Gasteiger partial charge on any atom is 0.146 e. The molecule has 0 amide bonds. The SMILES string of the molecule is CCc1cccc(OCc2ccc(CNC(C)(C)C)o2)c1. The van der Waals surface area contributed by atoms with Gasteiger partial charge in [-0.1, -0.05) is 19.1 Å². The summed E-state index contributed by atoms with van der Waals surface area (Å²) in [4.78, 5) is 0. The second-order valence-electron chi connectivity index (χ2n) is 6.26. The molecule has 0 bridgehead atoms. The minimum atomic E-state index is 0.0873. The molecule has 2 aromatic rings. The Balaban J connectivity index is 1.87. The molecule has 0 aliphatic carbocycles. The quantitative estimate of drug-likeness (QED) is 0.859. The highest BCUT2D eigenvalue weighted by atomic mass is 16.5. The van der Waals surface area contributed by atoms with Gasteiger partial charge in [-0.2, -0.15) is 0 Å². The molecule has 0 radical (unpaired) electrons. The van der Waals surface area contributed by atoms with Crippen molar-refractivity contribution in [2.75, 3.05) is 0 Å². The Hall–Kier alpha value is -1.74. The predicted octanol–water partition coefficient (Wildman–Crippen LogP) is 4.31. The van der Waals surface area contributed by atoms with Crippen LogP contribution in [0.1, 0.15) is 44.8 Å². The third kappa shape index (κ3) is 5.27. The molecular formula is C18H25NO2. The van der Waals surface area contributed by atoms with Crippen LogP contribution >= 0.6 is 0 Å². The lowest BCUT2D eigenvalue weighted by Gasteiger charge is -2.19. The van der Waals surface area contributed by atoms with Crippen LogP contribution in [0.4, 0.5) is 0 Å². The number of nitrogens with one attached hydrogen (secondary N) is 1. The van der Waals surface area contributed by atoms with Crippen LogP contribution in [0.15, 0.2) is 40.8 Å². The van der Waals surface area contributed by atoms with E-state index in [0.717, 1.165) is 30.2 Å². The van der Waals surface area contributed by atoms with E-state index in [1.807, 2.05) is 24.3 Å². The van der Waals surface area contributed by atoms with Crippen molar-refractivity contribution in [3.8, 4) is 5.75 Å². The maximum atomic E-state index is 5.78. The normalized spacial score (nSPS) is 11.6. The number of hydrogen-bond acceptors (Lipinski definition) is 3. The standard InChI is InChI=1S/C18H25NO2/c1-5-14-7-6-8-15(11-14)20-13-17-10-9-16(21-17)12-19-18(2,3)4/h6-11,19H,5,12-13H2,1-4H3. The highest BCUT2D eigenvalue weighted by Gasteiger charge is 2.10. The highest BCUT2D eigenvalue weighted by Crippen LogP contribution is 2.17. The Morgan fingerprint density at radius 1 is 1.10 bits per heavy atom. The van der Waals surface area contributed by atoms with E-state index in [0.29, 0.717) is 6.61 Å². The third-order valence-electron chi connectivity index (χ3n) is 3.20.